The maximum absolute atomic E-state index is 5.90. The molecule has 0 saturated carbocycles. The SMILES string of the molecule is CCCc1nc(NCC)cc(SCc2ccc(Cl)cc2)n1. The first-order valence-electron chi connectivity index (χ1n) is 7.20. The molecule has 0 unspecified atom stereocenters. The highest BCUT2D eigenvalue weighted by atomic mass is 35.5. The van der Waals surface area contributed by atoms with E-state index >= 15 is 0 Å². The first-order chi connectivity index (χ1) is 10.2. The standard InChI is InChI=1S/C16H20ClN3S/c1-3-5-14-19-15(18-4-2)10-16(20-14)21-11-12-6-8-13(17)9-7-12/h6-10H,3-5,11H2,1-2H3,(H,18,19,20). The van der Waals surface area contributed by atoms with Crippen LogP contribution < -0.4 is 5.32 Å². The molecule has 21 heavy (non-hydrogen) atoms. The molecule has 0 aliphatic heterocycles. The van der Waals surface area contributed by atoms with Crippen LogP contribution in [0.4, 0.5) is 5.82 Å². The van der Waals surface area contributed by atoms with Crippen molar-refractivity contribution in [1.82, 2.24) is 9.97 Å². The smallest absolute Gasteiger partial charge is 0.132 e. The van der Waals surface area contributed by atoms with Crippen LogP contribution in [0.2, 0.25) is 5.02 Å². The van der Waals surface area contributed by atoms with Gasteiger partial charge < -0.3 is 5.32 Å². The third-order valence-corrected chi connectivity index (χ3v) is 4.11. The molecule has 0 radical (unpaired) electrons. The molecule has 1 aromatic heterocycles. The maximum Gasteiger partial charge on any atom is 0.132 e. The summed E-state index contributed by atoms with van der Waals surface area (Å²) in [6.07, 6.45) is 1.96. The number of aryl methyl sites for hydroxylation is 1. The summed E-state index contributed by atoms with van der Waals surface area (Å²) in [7, 11) is 0. The topological polar surface area (TPSA) is 37.8 Å². The lowest BCUT2D eigenvalue weighted by Gasteiger charge is -2.08. The predicted octanol–water partition coefficient (Wildman–Crippen LogP) is 4.81. The van der Waals surface area contributed by atoms with Crippen LogP contribution in [0.3, 0.4) is 0 Å². The number of rotatable bonds is 7. The van der Waals surface area contributed by atoms with E-state index < -0.39 is 0 Å². The van der Waals surface area contributed by atoms with E-state index in [2.05, 4.69) is 41.3 Å². The first kappa shape index (κ1) is 16.1. The molecule has 0 spiro atoms. The molecule has 3 nitrogen and oxygen atoms in total. The van der Waals surface area contributed by atoms with Gasteiger partial charge in [0, 0.05) is 29.8 Å². The van der Waals surface area contributed by atoms with Crippen LogP contribution in [0.5, 0.6) is 0 Å². The fourth-order valence-corrected chi connectivity index (χ4v) is 2.89. The number of benzene rings is 1. The fraction of sp³-hybridized carbons (Fsp3) is 0.375. The molecule has 0 atom stereocenters. The Hall–Kier alpha value is -1.26. The van der Waals surface area contributed by atoms with Gasteiger partial charge in [0.25, 0.3) is 0 Å². The van der Waals surface area contributed by atoms with Crippen LogP contribution in [-0.2, 0) is 12.2 Å². The second-order valence-corrected chi connectivity index (χ2v) is 6.14. The van der Waals surface area contributed by atoms with Crippen LogP contribution in [-0.4, -0.2) is 16.5 Å². The Morgan fingerprint density at radius 1 is 1.14 bits per heavy atom. The van der Waals surface area contributed by atoms with Gasteiger partial charge >= 0.3 is 0 Å². The molecule has 0 saturated heterocycles. The Morgan fingerprint density at radius 3 is 2.57 bits per heavy atom. The van der Waals surface area contributed by atoms with Gasteiger partial charge in [-0.15, -0.1) is 11.8 Å². The van der Waals surface area contributed by atoms with Crippen LogP contribution >= 0.6 is 23.4 Å². The molecular formula is C16H20ClN3S. The van der Waals surface area contributed by atoms with E-state index in [1.54, 1.807) is 11.8 Å². The second kappa shape index (κ2) is 8.25. The van der Waals surface area contributed by atoms with Crippen molar-refractivity contribution in [2.24, 2.45) is 0 Å². The summed E-state index contributed by atoms with van der Waals surface area (Å²) in [4.78, 5) is 9.15. The highest BCUT2D eigenvalue weighted by molar-refractivity contribution is 7.98. The molecule has 0 fully saturated rings. The summed E-state index contributed by atoms with van der Waals surface area (Å²) in [5, 5.41) is 5.05. The van der Waals surface area contributed by atoms with Gasteiger partial charge in [-0.25, -0.2) is 9.97 Å². The van der Waals surface area contributed by atoms with Crippen molar-refractivity contribution < 1.29 is 0 Å². The molecule has 112 valence electrons. The van der Waals surface area contributed by atoms with Crippen molar-refractivity contribution in [3.05, 3.63) is 46.7 Å². The minimum atomic E-state index is 0.769. The normalized spacial score (nSPS) is 10.6. The number of nitrogens with zero attached hydrogens (tertiary/aromatic N) is 2. The van der Waals surface area contributed by atoms with Crippen molar-refractivity contribution >= 4 is 29.2 Å². The summed E-state index contributed by atoms with van der Waals surface area (Å²) in [5.74, 6) is 2.70. The Balaban J connectivity index is 2.08. The number of aromatic nitrogens is 2. The van der Waals surface area contributed by atoms with Gasteiger partial charge in [0.05, 0.1) is 0 Å². The quantitative estimate of drug-likeness (QED) is 0.587. The average Bonchev–Trinajstić information content (AvgIpc) is 2.47. The molecule has 5 heteroatoms. The summed E-state index contributed by atoms with van der Waals surface area (Å²) in [6, 6.07) is 9.96. The third-order valence-electron chi connectivity index (χ3n) is 2.88. The molecule has 0 bridgehead atoms. The number of hydrogen-bond acceptors (Lipinski definition) is 4. The first-order valence-corrected chi connectivity index (χ1v) is 8.56. The zero-order valence-corrected chi connectivity index (χ0v) is 14.0. The number of nitrogens with one attached hydrogen (secondary N) is 1. The lowest BCUT2D eigenvalue weighted by atomic mass is 10.2. The van der Waals surface area contributed by atoms with E-state index in [0.717, 1.165) is 46.8 Å². The number of anilines is 1. The van der Waals surface area contributed by atoms with Crippen molar-refractivity contribution in [2.45, 2.75) is 37.5 Å². The van der Waals surface area contributed by atoms with Crippen LogP contribution in [0.1, 0.15) is 31.7 Å². The van der Waals surface area contributed by atoms with Crippen molar-refractivity contribution in [3.8, 4) is 0 Å². The zero-order valence-electron chi connectivity index (χ0n) is 12.4. The molecule has 0 aliphatic carbocycles. The van der Waals surface area contributed by atoms with E-state index in [9.17, 15) is 0 Å². The second-order valence-electron chi connectivity index (χ2n) is 4.70. The Morgan fingerprint density at radius 2 is 1.90 bits per heavy atom. The largest absolute Gasteiger partial charge is 0.370 e. The van der Waals surface area contributed by atoms with E-state index in [-0.39, 0.29) is 0 Å². The predicted molar refractivity (Wildman–Crippen MR) is 91.2 cm³/mol. The van der Waals surface area contributed by atoms with Gasteiger partial charge in [0.1, 0.15) is 16.7 Å². The van der Waals surface area contributed by atoms with E-state index in [1.165, 1.54) is 5.56 Å². The van der Waals surface area contributed by atoms with Gasteiger partial charge in [0.2, 0.25) is 0 Å². The Labute approximate surface area is 135 Å². The Bertz CT molecular complexity index is 548. The number of hydrogen-bond donors (Lipinski definition) is 1. The highest BCUT2D eigenvalue weighted by Gasteiger charge is 2.05. The van der Waals surface area contributed by atoms with Crippen LogP contribution in [0.25, 0.3) is 0 Å². The Kier molecular flexibility index (Phi) is 6.33. The minimum absolute atomic E-state index is 0.769. The maximum atomic E-state index is 5.90. The minimum Gasteiger partial charge on any atom is -0.370 e. The molecule has 1 aromatic carbocycles. The summed E-state index contributed by atoms with van der Waals surface area (Å²) in [5.41, 5.74) is 1.24. The number of thioether (sulfide) groups is 1. The van der Waals surface area contributed by atoms with Crippen LogP contribution in [0.15, 0.2) is 35.4 Å². The highest BCUT2D eigenvalue weighted by Crippen LogP contribution is 2.24. The lowest BCUT2D eigenvalue weighted by Crippen LogP contribution is -2.04. The lowest BCUT2D eigenvalue weighted by molar-refractivity contribution is 0.810. The summed E-state index contributed by atoms with van der Waals surface area (Å²) < 4.78 is 0. The molecule has 1 N–H and O–H groups in total. The van der Waals surface area contributed by atoms with E-state index in [4.69, 9.17) is 11.6 Å². The summed E-state index contributed by atoms with van der Waals surface area (Å²) >= 11 is 7.63. The van der Waals surface area contributed by atoms with Gasteiger partial charge in [-0.3, -0.25) is 0 Å². The molecule has 2 rings (SSSR count). The molecule has 0 amide bonds. The monoisotopic (exact) mass is 321 g/mol. The third kappa shape index (κ3) is 5.21. The van der Waals surface area contributed by atoms with Crippen molar-refractivity contribution in [3.63, 3.8) is 0 Å². The van der Waals surface area contributed by atoms with Gasteiger partial charge in [-0.05, 0) is 31.0 Å². The van der Waals surface area contributed by atoms with E-state index in [1.807, 2.05) is 18.2 Å². The van der Waals surface area contributed by atoms with Gasteiger partial charge in [0.15, 0.2) is 0 Å². The summed E-state index contributed by atoms with van der Waals surface area (Å²) in [6.45, 7) is 5.08. The zero-order chi connectivity index (χ0) is 15.1. The molecule has 1 heterocycles. The van der Waals surface area contributed by atoms with Crippen LogP contribution in [0, 0.1) is 0 Å². The van der Waals surface area contributed by atoms with Crippen molar-refractivity contribution in [2.75, 3.05) is 11.9 Å². The molecule has 2 aromatic rings. The van der Waals surface area contributed by atoms with E-state index in [0.29, 0.717) is 0 Å². The molecule has 0 aliphatic rings. The molecular weight excluding hydrogens is 302 g/mol. The fourth-order valence-electron chi connectivity index (χ4n) is 1.89. The van der Waals surface area contributed by atoms with Gasteiger partial charge in [-0.2, -0.15) is 0 Å². The van der Waals surface area contributed by atoms with Crippen molar-refractivity contribution in [1.29, 1.82) is 0 Å². The average molecular weight is 322 g/mol. The number of halogens is 1. The van der Waals surface area contributed by atoms with Gasteiger partial charge in [-0.1, -0.05) is 30.7 Å².